The molecule has 0 radical (unpaired) electrons. The lowest BCUT2D eigenvalue weighted by Gasteiger charge is -2.18. The molecule has 2 heterocycles. The van der Waals surface area contributed by atoms with Crippen molar-refractivity contribution in [2.75, 3.05) is 13.2 Å². The smallest absolute Gasteiger partial charge is 0.162 e. The summed E-state index contributed by atoms with van der Waals surface area (Å²) in [5.74, 6) is 1.60. The van der Waals surface area contributed by atoms with E-state index in [2.05, 4.69) is 10.4 Å². The highest BCUT2D eigenvalue weighted by Crippen LogP contribution is 2.34. The van der Waals surface area contributed by atoms with E-state index in [0.717, 1.165) is 34.2 Å². The molecule has 0 bridgehead atoms. The number of hydrogen-bond acceptors (Lipinski definition) is 5. The highest BCUT2D eigenvalue weighted by atomic mass is 32.1. The van der Waals surface area contributed by atoms with Crippen LogP contribution in [0.1, 0.15) is 11.9 Å². The molecule has 0 saturated carbocycles. The van der Waals surface area contributed by atoms with Crippen LogP contribution >= 0.6 is 11.3 Å². The van der Waals surface area contributed by atoms with Crippen molar-refractivity contribution in [1.82, 2.24) is 4.98 Å². The van der Waals surface area contributed by atoms with Gasteiger partial charge in [-0.05, 0) is 25.1 Å². The van der Waals surface area contributed by atoms with Crippen molar-refractivity contribution in [3.8, 4) is 22.8 Å². The molecule has 0 saturated heterocycles. The van der Waals surface area contributed by atoms with Gasteiger partial charge in [-0.1, -0.05) is 0 Å². The molecule has 4 nitrogen and oxygen atoms in total. The molecule has 3 rings (SSSR count). The molecule has 2 N–H and O–H groups in total. The van der Waals surface area contributed by atoms with Crippen LogP contribution in [0.25, 0.3) is 11.3 Å². The van der Waals surface area contributed by atoms with Crippen molar-refractivity contribution in [2.24, 2.45) is 5.73 Å². The first kappa shape index (κ1) is 12.4. The van der Waals surface area contributed by atoms with Crippen molar-refractivity contribution in [2.45, 2.75) is 19.4 Å². The van der Waals surface area contributed by atoms with Gasteiger partial charge in [0, 0.05) is 23.4 Å². The van der Waals surface area contributed by atoms with Gasteiger partial charge in [0.1, 0.15) is 13.2 Å². The quantitative estimate of drug-likeness (QED) is 0.935. The minimum absolute atomic E-state index is 0.138. The Morgan fingerprint density at radius 2 is 2.11 bits per heavy atom. The first-order valence-electron chi connectivity index (χ1n) is 6.32. The Bertz CT molecular complexity index is 581. The fourth-order valence-electron chi connectivity index (χ4n) is 2.02. The highest BCUT2D eigenvalue weighted by Gasteiger charge is 2.14. The summed E-state index contributed by atoms with van der Waals surface area (Å²) in [6, 6.07) is 6.07. The van der Waals surface area contributed by atoms with Crippen molar-refractivity contribution in [1.29, 1.82) is 0 Å². The van der Waals surface area contributed by atoms with Gasteiger partial charge in [-0.25, -0.2) is 4.98 Å². The highest BCUT2D eigenvalue weighted by molar-refractivity contribution is 7.09. The number of fused-ring (bicyclic) bond motifs is 1. The largest absolute Gasteiger partial charge is 0.486 e. The fourth-order valence-corrected chi connectivity index (χ4v) is 2.96. The molecular weight excluding hydrogens is 260 g/mol. The van der Waals surface area contributed by atoms with E-state index < -0.39 is 0 Å². The summed E-state index contributed by atoms with van der Waals surface area (Å²) >= 11 is 1.65. The van der Waals surface area contributed by atoms with Crippen LogP contribution in [-0.2, 0) is 6.42 Å². The van der Waals surface area contributed by atoms with E-state index in [9.17, 15) is 0 Å². The number of rotatable bonds is 3. The maximum absolute atomic E-state index is 5.79. The zero-order valence-electron chi connectivity index (χ0n) is 10.8. The Labute approximate surface area is 116 Å². The lowest BCUT2D eigenvalue weighted by atomic mass is 10.1. The fraction of sp³-hybridized carbons (Fsp3) is 0.357. The van der Waals surface area contributed by atoms with Crippen LogP contribution in [0.4, 0.5) is 0 Å². The Balaban J connectivity index is 1.87. The van der Waals surface area contributed by atoms with Crippen LogP contribution in [-0.4, -0.2) is 24.2 Å². The van der Waals surface area contributed by atoms with E-state index in [-0.39, 0.29) is 6.04 Å². The van der Waals surface area contributed by atoms with Crippen LogP contribution < -0.4 is 15.2 Å². The van der Waals surface area contributed by atoms with Crippen molar-refractivity contribution < 1.29 is 9.47 Å². The Hall–Kier alpha value is -1.59. The molecule has 1 aromatic carbocycles. The van der Waals surface area contributed by atoms with Crippen LogP contribution in [0.5, 0.6) is 11.5 Å². The number of thiazole rings is 1. The number of nitrogens with two attached hydrogens (primary N) is 1. The monoisotopic (exact) mass is 276 g/mol. The Morgan fingerprint density at radius 1 is 1.32 bits per heavy atom. The summed E-state index contributed by atoms with van der Waals surface area (Å²) in [6.45, 7) is 3.20. The molecule has 0 amide bonds. The molecule has 1 aliphatic heterocycles. The molecule has 2 aromatic rings. The first-order chi connectivity index (χ1) is 9.22. The van der Waals surface area contributed by atoms with Crippen LogP contribution in [0.3, 0.4) is 0 Å². The second kappa shape index (κ2) is 5.19. The van der Waals surface area contributed by atoms with Gasteiger partial charge in [-0.2, -0.15) is 0 Å². The molecule has 1 aliphatic rings. The molecule has 0 aliphatic carbocycles. The summed E-state index contributed by atoms with van der Waals surface area (Å²) in [5, 5.41) is 3.13. The summed E-state index contributed by atoms with van der Waals surface area (Å²) < 4.78 is 11.1. The third-order valence-corrected chi connectivity index (χ3v) is 3.76. The van der Waals surface area contributed by atoms with Crippen LogP contribution in [0, 0.1) is 0 Å². The van der Waals surface area contributed by atoms with Crippen LogP contribution in [0.15, 0.2) is 23.6 Å². The zero-order valence-corrected chi connectivity index (χ0v) is 11.6. The normalized spacial score (nSPS) is 15.3. The first-order valence-corrected chi connectivity index (χ1v) is 7.20. The Morgan fingerprint density at radius 3 is 2.89 bits per heavy atom. The summed E-state index contributed by atoms with van der Waals surface area (Å²) in [5.41, 5.74) is 7.82. The minimum Gasteiger partial charge on any atom is -0.486 e. The second-order valence-corrected chi connectivity index (χ2v) is 5.61. The lowest BCUT2D eigenvalue weighted by Crippen LogP contribution is -2.17. The van der Waals surface area contributed by atoms with Crippen molar-refractivity contribution in [3.05, 3.63) is 28.6 Å². The van der Waals surface area contributed by atoms with E-state index in [4.69, 9.17) is 15.2 Å². The third kappa shape index (κ3) is 2.72. The van der Waals surface area contributed by atoms with Crippen molar-refractivity contribution in [3.63, 3.8) is 0 Å². The number of aromatic nitrogens is 1. The SMILES string of the molecule is CC(N)Cc1nc(-c2ccc3c(c2)OCCO3)cs1. The predicted molar refractivity (Wildman–Crippen MR) is 75.9 cm³/mol. The van der Waals surface area contributed by atoms with Gasteiger partial charge < -0.3 is 15.2 Å². The average molecular weight is 276 g/mol. The van der Waals surface area contributed by atoms with Gasteiger partial charge in [0.05, 0.1) is 10.7 Å². The third-order valence-electron chi connectivity index (χ3n) is 2.89. The van der Waals surface area contributed by atoms with Gasteiger partial charge in [0.2, 0.25) is 0 Å². The second-order valence-electron chi connectivity index (χ2n) is 4.67. The van der Waals surface area contributed by atoms with Gasteiger partial charge in [-0.3, -0.25) is 0 Å². The summed E-state index contributed by atoms with van der Waals surface area (Å²) in [6.07, 6.45) is 0.815. The van der Waals surface area contributed by atoms with Crippen molar-refractivity contribution >= 4 is 11.3 Å². The Kier molecular flexibility index (Phi) is 3.40. The minimum atomic E-state index is 0.138. The van der Waals surface area contributed by atoms with E-state index in [1.807, 2.05) is 25.1 Å². The topological polar surface area (TPSA) is 57.4 Å². The molecule has 5 heteroatoms. The van der Waals surface area contributed by atoms with E-state index in [1.54, 1.807) is 11.3 Å². The van der Waals surface area contributed by atoms with Gasteiger partial charge in [-0.15, -0.1) is 11.3 Å². The average Bonchev–Trinajstić information content (AvgIpc) is 2.86. The van der Waals surface area contributed by atoms with E-state index in [1.165, 1.54) is 0 Å². The molecule has 19 heavy (non-hydrogen) atoms. The molecule has 0 spiro atoms. The molecule has 0 fully saturated rings. The van der Waals surface area contributed by atoms with Gasteiger partial charge in [0.25, 0.3) is 0 Å². The molecule has 1 aromatic heterocycles. The molecular formula is C14H16N2O2S. The summed E-state index contributed by atoms with van der Waals surface area (Å²) in [4.78, 5) is 4.61. The van der Waals surface area contributed by atoms with E-state index >= 15 is 0 Å². The summed E-state index contributed by atoms with van der Waals surface area (Å²) in [7, 11) is 0. The number of nitrogens with zero attached hydrogens (tertiary/aromatic N) is 1. The van der Waals surface area contributed by atoms with Crippen LogP contribution in [0.2, 0.25) is 0 Å². The lowest BCUT2D eigenvalue weighted by molar-refractivity contribution is 0.171. The zero-order chi connectivity index (χ0) is 13.2. The maximum atomic E-state index is 5.79. The molecule has 100 valence electrons. The molecule has 1 unspecified atom stereocenters. The molecule has 1 atom stereocenters. The number of benzene rings is 1. The standard InChI is InChI=1S/C14H16N2O2S/c1-9(15)6-14-16-11(8-19-14)10-2-3-12-13(7-10)18-5-4-17-12/h2-3,7-9H,4-6,15H2,1H3. The maximum Gasteiger partial charge on any atom is 0.162 e. The van der Waals surface area contributed by atoms with E-state index in [0.29, 0.717) is 13.2 Å². The predicted octanol–water partition coefficient (Wildman–Crippen LogP) is 2.47. The number of ether oxygens (including phenoxy) is 2. The number of hydrogen-bond donors (Lipinski definition) is 1. The van der Waals surface area contributed by atoms with Gasteiger partial charge in [0.15, 0.2) is 11.5 Å². The van der Waals surface area contributed by atoms with Gasteiger partial charge >= 0.3 is 0 Å².